The molecule has 0 saturated carbocycles. The van der Waals surface area contributed by atoms with Gasteiger partial charge in [-0.05, 0) is 68.3 Å². The number of aliphatic hydroxyl groups excluding tert-OH is 1. The number of primary amides is 1. The molecular formula is C30H27F3N2O3. The largest absolute Gasteiger partial charge is 0.490 e. The van der Waals surface area contributed by atoms with Crippen LogP contribution in [0.15, 0.2) is 66.9 Å². The maximum absolute atomic E-state index is 12.9. The number of nitrogens with two attached hydrogens (primary N) is 1. The third kappa shape index (κ3) is 6.01. The molecule has 8 heteroatoms. The predicted molar refractivity (Wildman–Crippen MR) is 140 cm³/mol. The number of ether oxygens (including phenoxy) is 1. The van der Waals surface area contributed by atoms with Crippen LogP contribution < -0.4 is 10.5 Å². The van der Waals surface area contributed by atoms with Crippen LogP contribution >= 0.6 is 0 Å². The minimum Gasteiger partial charge on any atom is -0.490 e. The maximum Gasteiger partial charge on any atom is 0.416 e. The lowest BCUT2D eigenvalue weighted by Crippen LogP contribution is -2.19. The molecular weight excluding hydrogens is 493 g/mol. The second-order valence-electron chi connectivity index (χ2n) is 9.24. The Morgan fingerprint density at radius 2 is 1.74 bits per heavy atom. The van der Waals surface area contributed by atoms with Gasteiger partial charge >= 0.3 is 6.18 Å². The molecule has 1 amide bonds. The van der Waals surface area contributed by atoms with Crippen LogP contribution in [-0.4, -0.2) is 28.7 Å². The van der Waals surface area contributed by atoms with Gasteiger partial charge in [-0.1, -0.05) is 30.0 Å². The Bertz CT molecular complexity index is 1510. The van der Waals surface area contributed by atoms with E-state index in [0.717, 1.165) is 28.6 Å². The summed E-state index contributed by atoms with van der Waals surface area (Å²) >= 11 is 0. The monoisotopic (exact) mass is 520 g/mol. The number of aliphatic hydroxyl groups is 1. The van der Waals surface area contributed by atoms with Gasteiger partial charge in [-0.3, -0.25) is 4.79 Å². The van der Waals surface area contributed by atoms with Gasteiger partial charge in [0.15, 0.2) is 0 Å². The van der Waals surface area contributed by atoms with Crippen molar-refractivity contribution in [3.63, 3.8) is 0 Å². The van der Waals surface area contributed by atoms with Crippen LogP contribution in [0.5, 0.6) is 5.75 Å². The molecule has 1 heterocycles. The molecule has 3 aromatic carbocycles. The Balaban J connectivity index is 1.78. The smallest absolute Gasteiger partial charge is 0.416 e. The quantitative estimate of drug-likeness (QED) is 0.270. The van der Waals surface area contributed by atoms with E-state index in [0.29, 0.717) is 23.1 Å². The van der Waals surface area contributed by atoms with E-state index in [4.69, 9.17) is 10.5 Å². The molecule has 0 saturated heterocycles. The Kier molecular flexibility index (Phi) is 7.79. The topological polar surface area (TPSA) is 88.3 Å². The number of nitrogens with one attached hydrogen (secondary N) is 1. The molecule has 1 atom stereocenters. The van der Waals surface area contributed by atoms with Crippen LogP contribution in [0.25, 0.3) is 10.9 Å². The lowest BCUT2D eigenvalue weighted by Gasteiger charge is -2.23. The van der Waals surface area contributed by atoms with E-state index in [9.17, 15) is 23.1 Å². The second-order valence-corrected chi connectivity index (χ2v) is 9.24. The number of hydrogen-bond donors (Lipinski definition) is 3. The number of hydrogen-bond acceptors (Lipinski definition) is 3. The fourth-order valence-corrected chi connectivity index (χ4v) is 4.30. The number of amides is 1. The molecule has 5 nitrogen and oxygen atoms in total. The van der Waals surface area contributed by atoms with Crippen LogP contribution in [0.3, 0.4) is 0 Å². The standard InChI is InChI=1S/C30H27F3N2O3/c1-18(2)38-28-25(22(17-36)15-21-16-35-27-6-4-3-5-24(21)27)13-20(14-26(28)29(34)37)8-7-19-9-11-23(12-10-19)30(31,32)33/h3-6,9-14,16,18,22,35-36H,15,17H2,1-2H3,(H2,34,37)/t22-/m0/s1. The molecule has 1 aromatic heterocycles. The molecule has 0 spiro atoms. The highest BCUT2D eigenvalue weighted by molar-refractivity contribution is 5.96. The number of rotatable bonds is 7. The van der Waals surface area contributed by atoms with Gasteiger partial charge < -0.3 is 20.6 Å². The SMILES string of the molecule is CC(C)Oc1c(C(N)=O)cc(C#Cc2ccc(C(F)(F)F)cc2)cc1[C@H](CO)Cc1c[nH]c2ccccc12. The normalized spacial score (nSPS) is 12.3. The van der Waals surface area contributed by atoms with Gasteiger partial charge in [0.25, 0.3) is 5.91 Å². The first-order valence-electron chi connectivity index (χ1n) is 12.1. The molecule has 38 heavy (non-hydrogen) atoms. The van der Waals surface area contributed by atoms with Gasteiger partial charge in [0.2, 0.25) is 0 Å². The summed E-state index contributed by atoms with van der Waals surface area (Å²) in [6, 6.07) is 15.6. The zero-order valence-electron chi connectivity index (χ0n) is 20.9. The van der Waals surface area contributed by atoms with Crippen LogP contribution in [0, 0.1) is 11.8 Å². The van der Waals surface area contributed by atoms with Gasteiger partial charge in [0, 0.05) is 39.7 Å². The number of aromatic amines is 1. The first kappa shape index (κ1) is 26.8. The number of carbonyl (C=O) groups excluding carboxylic acids is 1. The van der Waals surface area contributed by atoms with Gasteiger partial charge in [0.05, 0.1) is 23.8 Å². The summed E-state index contributed by atoms with van der Waals surface area (Å²) in [5, 5.41) is 11.4. The molecule has 4 N–H and O–H groups in total. The molecule has 0 aliphatic heterocycles. The molecule has 196 valence electrons. The van der Waals surface area contributed by atoms with Crippen molar-refractivity contribution in [2.24, 2.45) is 5.73 Å². The van der Waals surface area contributed by atoms with E-state index in [2.05, 4.69) is 16.8 Å². The Morgan fingerprint density at radius 3 is 2.37 bits per heavy atom. The van der Waals surface area contributed by atoms with E-state index in [1.54, 1.807) is 6.07 Å². The highest BCUT2D eigenvalue weighted by Gasteiger charge is 2.30. The zero-order chi connectivity index (χ0) is 27.4. The van der Waals surface area contributed by atoms with Crippen LogP contribution in [0.4, 0.5) is 13.2 Å². The number of para-hydroxylation sites is 1. The molecule has 0 unspecified atom stereocenters. The van der Waals surface area contributed by atoms with Crippen molar-refractivity contribution in [1.29, 1.82) is 0 Å². The minimum atomic E-state index is -4.44. The molecule has 0 fully saturated rings. The van der Waals surface area contributed by atoms with Crippen molar-refractivity contribution in [2.45, 2.75) is 38.5 Å². The number of fused-ring (bicyclic) bond motifs is 1. The fraction of sp³-hybridized carbons (Fsp3) is 0.233. The summed E-state index contributed by atoms with van der Waals surface area (Å²) in [5.41, 5.74) is 8.37. The molecule has 4 aromatic rings. The summed E-state index contributed by atoms with van der Waals surface area (Å²) in [5.74, 6) is 4.88. The maximum atomic E-state index is 12.9. The summed E-state index contributed by atoms with van der Waals surface area (Å²) in [4.78, 5) is 15.7. The zero-order valence-corrected chi connectivity index (χ0v) is 20.9. The lowest BCUT2D eigenvalue weighted by molar-refractivity contribution is -0.137. The molecule has 0 aliphatic rings. The van der Waals surface area contributed by atoms with E-state index in [-0.39, 0.29) is 24.0 Å². The van der Waals surface area contributed by atoms with Crippen molar-refractivity contribution in [1.82, 2.24) is 4.98 Å². The number of halogens is 3. The lowest BCUT2D eigenvalue weighted by atomic mass is 9.88. The minimum absolute atomic E-state index is 0.116. The predicted octanol–water partition coefficient (Wildman–Crippen LogP) is 5.79. The Labute approximate surface area is 218 Å². The highest BCUT2D eigenvalue weighted by atomic mass is 19.4. The van der Waals surface area contributed by atoms with E-state index < -0.39 is 23.6 Å². The first-order chi connectivity index (χ1) is 18.1. The molecule has 4 rings (SSSR count). The van der Waals surface area contributed by atoms with E-state index in [1.165, 1.54) is 18.2 Å². The van der Waals surface area contributed by atoms with Gasteiger partial charge in [-0.15, -0.1) is 0 Å². The number of carbonyl (C=O) groups is 1. The van der Waals surface area contributed by atoms with Gasteiger partial charge in [-0.2, -0.15) is 13.2 Å². The van der Waals surface area contributed by atoms with Crippen molar-refractivity contribution in [3.05, 3.63) is 100 Å². The molecule has 0 bridgehead atoms. The van der Waals surface area contributed by atoms with Crippen LogP contribution in [-0.2, 0) is 12.6 Å². The molecule has 0 aliphatic carbocycles. The van der Waals surface area contributed by atoms with Crippen LogP contribution in [0.2, 0.25) is 0 Å². The summed E-state index contributed by atoms with van der Waals surface area (Å²) in [6.45, 7) is 3.41. The van der Waals surface area contributed by atoms with E-state index >= 15 is 0 Å². The average molecular weight is 521 g/mol. The number of alkyl halides is 3. The van der Waals surface area contributed by atoms with Gasteiger partial charge in [0.1, 0.15) is 5.75 Å². The fourth-order valence-electron chi connectivity index (χ4n) is 4.30. The molecule has 0 radical (unpaired) electrons. The Morgan fingerprint density at radius 1 is 1.05 bits per heavy atom. The summed E-state index contributed by atoms with van der Waals surface area (Å²) in [6.07, 6.45) is -2.38. The van der Waals surface area contributed by atoms with Crippen molar-refractivity contribution in [3.8, 4) is 17.6 Å². The van der Waals surface area contributed by atoms with Crippen molar-refractivity contribution >= 4 is 16.8 Å². The second kappa shape index (κ2) is 11.0. The van der Waals surface area contributed by atoms with E-state index in [1.807, 2.05) is 44.3 Å². The number of H-pyrrole nitrogens is 1. The number of benzene rings is 3. The Hall–Kier alpha value is -4.22. The first-order valence-corrected chi connectivity index (χ1v) is 12.1. The third-order valence-corrected chi connectivity index (χ3v) is 6.10. The van der Waals surface area contributed by atoms with Gasteiger partial charge in [-0.25, -0.2) is 0 Å². The number of aromatic nitrogens is 1. The highest BCUT2D eigenvalue weighted by Crippen LogP contribution is 2.36. The van der Waals surface area contributed by atoms with Crippen LogP contribution in [0.1, 0.15) is 57.9 Å². The summed E-state index contributed by atoms with van der Waals surface area (Å²) in [7, 11) is 0. The third-order valence-electron chi connectivity index (χ3n) is 6.10. The van der Waals surface area contributed by atoms with Crippen molar-refractivity contribution in [2.75, 3.05) is 6.61 Å². The van der Waals surface area contributed by atoms with Crippen molar-refractivity contribution < 1.29 is 27.8 Å². The average Bonchev–Trinajstić information content (AvgIpc) is 3.28. The summed E-state index contributed by atoms with van der Waals surface area (Å²) < 4.78 is 44.7.